The minimum absolute atomic E-state index is 0.0481. The van der Waals surface area contributed by atoms with E-state index in [1.165, 1.54) is 4.31 Å². The minimum atomic E-state index is -3.56. The van der Waals surface area contributed by atoms with Crippen molar-refractivity contribution in [3.8, 4) is 5.75 Å². The van der Waals surface area contributed by atoms with Crippen LogP contribution in [0.15, 0.2) is 41.6 Å². The summed E-state index contributed by atoms with van der Waals surface area (Å²) in [5.74, 6) is 0.634. The van der Waals surface area contributed by atoms with Crippen LogP contribution in [0.4, 0.5) is 0 Å². The van der Waals surface area contributed by atoms with E-state index < -0.39 is 10.0 Å². The largest absolute Gasteiger partial charge is 0.497 e. The first kappa shape index (κ1) is 18.4. The van der Waals surface area contributed by atoms with Crippen molar-refractivity contribution in [3.05, 3.63) is 42.2 Å². The molecule has 0 amide bonds. The number of fused-ring (bicyclic) bond motifs is 1. The summed E-state index contributed by atoms with van der Waals surface area (Å²) in [5.41, 5.74) is 1.12. The van der Waals surface area contributed by atoms with Crippen molar-refractivity contribution in [2.24, 2.45) is 7.05 Å². The number of sulfonamides is 1. The lowest BCUT2D eigenvalue weighted by Crippen LogP contribution is -2.50. The van der Waals surface area contributed by atoms with E-state index in [-0.39, 0.29) is 17.0 Å². The van der Waals surface area contributed by atoms with Crippen LogP contribution in [0.25, 0.3) is 0 Å². The number of ether oxygens (including phenoxy) is 2. The number of methoxy groups -OCH3 is 1. The van der Waals surface area contributed by atoms with Crippen LogP contribution in [0.5, 0.6) is 5.75 Å². The lowest BCUT2D eigenvalue weighted by atomic mass is 10.1. The van der Waals surface area contributed by atoms with Crippen LogP contribution in [0.3, 0.4) is 0 Å². The molecule has 2 aliphatic heterocycles. The van der Waals surface area contributed by atoms with E-state index in [0.717, 1.165) is 18.7 Å². The average Bonchev–Trinajstić information content (AvgIpc) is 3.29. The van der Waals surface area contributed by atoms with Crippen molar-refractivity contribution in [3.63, 3.8) is 0 Å². The van der Waals surface area contributed by atoms with Crippen molar-refractivity contribution in [1.82, 2.24) is 19.0 Å². The fourth-order valence-electron chi connectivity index (χ4n) is 3.80. The highest BCUT2D eigenvalue weighted by molar-refractivity contribution is 7.89. The van der Waals surface area contributed by atoms with Gasteiger partial charge in [-0.05, 0) is 24.3 Å². The first-order chi connectivity index (χ1) is 13.0. The Labute approximate surface area is 159 Å². The number of aryl methyl sites for hydroxylation is 1. The Hall–Kier alpha value is -1.94. The summed E-state index contributed by atoms with van der Waals surface area (Å²) in [4.78, 5) is 2.58. The molecule has 2 aliphatic rings. The van der Waals surface area contributed by atoms with Crippen LogP contribution in [-0.4, -0.2) is 72.9 Å². The standard InChI is InChI=1S/C18H24N4O4S/c1-20-10-14(9-19-20)11-21-7-8-26-18-13-22(12-17(18)21)27(23,24)16-5-3-15(25-2)4-6-16/h3-6,9-10,17-18H,7-8,11-13H2,1-2H3/t17-,18+/m1/s1. The molecule has 3 heterocycles. The number of morpholine rings is 1. The van der Waals surface area contributed by atoms with Gasteiger partial charge < -0.3 is 9.47 Å². The zero-order valence-corrected chi connectivity index (χ0v) is 16.3. The van der Waals surface area contributed by atoms with Crippen molar-refractivity contribution in [2.75, 3.05) is 33.4 Å². The molecule has 8 nitrogen and oxygen atoms in total. The summed E-state index contributed by atoms with van der Waals surface area (Å²) in [6.45, 7) is 2.95. The predicted molar refractivity (Wildman–Crippen MR) is 98.9 cm³/mol. The van der Waals surface area contributed by atoms with Crippen LogP contribution in [0.1, 0.15) is 5.56 Å². The van der Waals surface area contributed by atoms with Gasteiger partial charge in [-0.2, -0.15) is 9.40 Å². The van der Waals surface area contributed by atoms with E-state index >= 15 is 0 Å². The predicted octanol–water partition coefficient (Wildman–Crippen LogP) is 0.703. The third kappa shape index (κ3) is 3.60. The normalized spacial score (nSPS) is 24.1. The molecule has 0 radical (unpaired) electrons. The summed E-state index contributed by atoms with van der Waals surface area (Å²) in [6.07, 6.45) is 3.74. The molecule has 0 spiro atoms. The summed E-state index contributed by atoms with van der Waals surface area (Å²) in [5, 5.41) is 4.22. The lowest BCUT2D eigenvalue weighted by Gasteiger charge is -2.36. The number of nitrogens with zero attached hydrogens (tertiary/aromatic N) is 4. The van der Waals surface area contributed by atoms with Crippen LogP contribution in [0.2, 0.25) is 0 Å². The number of benzene rings is 1. The maximum Gasteiger partial charge on any atom is 0.243 e. The molecular weight excluding hydrogens is 368 g/mol. The van der Waals surface area contributed by atoms with Gasteiger partial charge in [0.1, 0.15) is 5.75 Å². The number of aromatic nitrogens is 2. The first-order valence-electron chi connectivity index (χ1n) is 8.95. The molecule has 0 unspecified atom stereocenters. The molecule has 2 saturated heterocycles. The van der Waals surface area contributed by atoms with E-state index in [9.17, 15) is 8.42 Å². The molecule has 27 heavy (non-hydrogen) atoms. The molecule has 0 N–H and O–H groups in total. The molecule has 146 valence electrons. The third-order valence-electron chi connectivity index (χ3n) is 5.22. The van der Waals surface area contributed by atoms with Crippen LogP contribution in [0, 0.1) is 0 Å². The molecule has 1 aromatic heterocycles. The maximum atomic E-state index is 13.0. The first-order valence-corrected chi connectivity index (χ1v) is 10.4. The Morgan fingerprint density at radius 3 is 2.70 bits per heavy atom. The monoisotopic (exact) mass is 392 g/mol. The second-order valence-corrected chi connectivity index (χ2v) is 8.90. The molecule has 2 aromatic rings. The van der Waals surface area contributed by atoms with Crippen molar-refractivity contribution >= 4 is 10.0 Å². The van der Waals surface area contributed by atoms with Crippen LogP contribution < -0.4 is 4.74 Å². The SMILES string of the molecule is COc1ccc(S(=O)(=O)N2C[C@@H]3OCCN(Cc4cnn(C)c4)[C@@H]3C2)cc1. The number of hydrogen-bond donors (Lipinski definition) is 0. The smallest absolute Gasteiger partial charge is 0.243 e. The molecule has 2 fully saturated rings. The maximum absolute atomic E-state index is 13.0. The number of hydrogen-bond acceptors (Lipinski definition) is 6. The second-order valence-electron chi connectivity index (χ2n) is 6.97. The highest BCUT2D eigenvalue weighted by atomic mass is 32.2. The molecule has 0 saturated carbocycles. The molecule has 0 bridgehead atoms. The topological polar surface area (TPSA) is 76.9 Å². The van der Waals surface area contributed by atoms with Gasteiger partial charge in [-0.15, -0.1) is 0 Å². The summed E-state index contributed by atoms with van der Waals surface area (Å²) < 4.78 is 40.4. The van der Waals surface area contributed by atoms with E-state index in [1.807, 2.05) is 19.4 Å². The Morgan fingerprint density at radius 2 is 2.04 bits per heavy atom. The Morgan fingerprint density at radius 1 is 1.26 bits per heavy atom. The van der Waals surface area contributed by atoms with Gasteiger partial charge in [0, 0.05) is 45.0 Å². The molecular formula is C18H24N4O4S. The van der Waals surface area contributed by atoms with Gasteiger partial charge in [-0.1, -0.05) is 0 Å². The lowest BCUT2D eigenvalue weighted by molar-refractivity contribution is -0.0502. The number of rotatable bonds is 5. The Balaban J connectivity index is 1.51. The zero-order chi connectivity index (χ0) is 19.0. The highest BCUT2D eigenvalue weighted by Crippen LogP contribution is 2.29. The second kappa shape index (κ2) is 7.23. The summed E-state index contributed by atoms with van der Waals surface area (Å²) in [7, 11) is -0.108. The van der Waals surface area contributed by atoms with Gasteiger partial charge in [0.2, 0.25) is 10.0 Å². The van der Waals surface area contributed by atoms with E-state index in [2.05, 4.69) is 10.00 Å². The third-order valence-corrected chi connectivity index (χ3v) is 7.07. The Kier molecular flexibility index (Phi) is 4.94. The van der Waals surface area contributed by atoms with Gasteiger partial charge in [0.25, 0.3) is 0 Å². The van der Waals surface area contributed by atoms with Crippen molar-refractivity contribution < 1.29 is 17.9 Å². The summed E-state index contributed by atoms with van der Waals surface area (Å²) >= 11 is 0. The Bertz CT molecular complexity index is 896. The van der Waals surface area contributed by atoms with Crippen LogP contribution in [-0.2, 0) is 28.4 Å². The van der Waals surface area contributed by atoms with Gasteiger partial charge in [-0.25, -0.2) is 8.42 Å². The van der Waals surface area contributed by atoms with Crippen molar-refractivity contribution in [1.29, 1.82) is 0 Å². The highest BCUT2D eigenvalue weighted by Gasteiger charge is 2.44. The van der Waals surface area contributed by atoms with E-state index in [4.69, 9.17) is 9.47 Å². The molecule has 9 heteroatoms. The summed E-state index contributed by atoms with van der Waals surface area (Å²) in [6, 6.07) is 6.56. The average molecular weight is 392 g/mol. The zero-order valence-electron chi connectivity index (χ0n) is 15.5. The molecule has 0 aliphatic carbocycles. The van der Waals surface area contributed by atoms with E-state index in [0.29, 0.717) is 25.4 Å². The fourth-order valence-corrected chi connectivity index (χ4v) is 5.27. The van der Waals surface area contributed by atoms with E-state index in [1.54, 1.807) is 36.1 Å². The van der Waals surface area contributed by atoms with Crippen molar-refractivity contribution in [2.45, 2.75) is 23.6 Å². The van der Waals surface area contributed by atoms with Gasteiger partial charge in [0.05, 0.1) is 37.0 Å². The molecule has 2 atom stereocenters. The quantitative estimate of drug-likeness (QED) is 0.746. The molecule has 1 aromatic carbocycles. The fraction of sp³-hybridized carbons (Fsp3) is 0.500. The van der Waals surface area contributed by atoms with Gasteiger partial charge >= 0.3 is 0 Å². The van der Waals surface area contributed by atoms with Gasteiger partial charge in [-0.3, -0.25) is 9.58 Å². The molecule has 4 rings (SSSR count). The van der Waals surface area contributed by atoms with Crippen LogP contribution >= 0.6 is 0 Å². The minimum Gasteiger partial charge on any atom is -0.497 e. The van der Waals surface area contributed by atoms with Gasteiger partial charge in [0.15, 0.2) is 0 Å².